The minimum atomic E-state index is -0.0539. The summed E-state index contributed by atoms with van der Waals surface area (Å²) in [5, 5.41) is 2.84. The number of fused-ring (bicyclic) bond motifs is 1. The van der Waals surface area contributed by atoms with Crippen molar-refractivity contribution in [1.29, 1.82) is 0 Å². The van der Waals surface area contributed by atoms with Crippen LogP contribution in [0.2, 0.25) is 0 Å². The number of carbonyl (C=O) groups is 1. The van der Waals surface area contributed by atoms with Gasteiger partial charge < -0.3 is 14.6 Å². The van der Waals surface area contributed by atoms with Crippen molar-refractivity contribution in [2.45, 2.75) is 46.2 Å². The Balaban J connectivity index is 1.62. The lowest BCUT2D eigenvalue weighted by molar-refractivity contribution is -0.119. The molecule has 0 aliphatic heterocycles. The van der Waals surface area contributed by atoms with Gasteiger partial charge in [-0.1, -0.05) is 38.1 Å². The fraction of sp³-hybridized carbons (Fsp3) is 0.364. The Morgan fingerprint density at radius 2 is 1.89 bits per heavy atom. The van der Waals surface area contributed by atoms with Crippen molar-refractivity contribution < 1.29 is 9.53 Å². The quantitative estimate of drug-likeness (QED) is 0.607. The van der Waals surface area contributed by atoms with Crippen LogP contribution in [-0.4, -0.2) is 22.1 Å². The Morgan fingerprint density at radius 3 is 2.59 bits per heavy atom. The zero-order valence-electron chi connectivity index (χ0n) is 16.2. The van der Waals surface area contributed by atoms with Gasteiger partial charge in [-0.25, -0.2) is 4.98 Å². The number of amides is 1. The van der Waals surface area contributed by atoms with Crippen molar-refractivity contribution >= 4 is 16.9 Å². The smallest absolute Gasteiger partial charge is 0.217 e. The lowest BCUT2D eigenvalue weighted by atomic mass is 10.0. The van der Waals surface area contributed by atoms with Gasteiger partial charge in [0.05, 0.1) is 24.2 Å². The van der Waals surface area contributed by atoms with Crippen molar-refractivity contribution in [2.75, 3.05) is 6.61 Å². The van der Waals surface area contributed by atoms with Crippen LogP contribution in [0, 0.1) is 0 Å². The molecule has 27 heavy (non-hydrogen) atoms. The molecule has 0 spiro atoms. The van der Waals surface area contributed by atoms with Gasteiger partial charge in [0, 0.05) is 13.5 Å². The number of para-hydroxylation sites is 2. The second-order valence-corrected chi connectivity index (χ2v) is 7.00. The molecule has 0 unspecified atom stereocenters. The summed E-state index contributed by atoms with van der Waals surface area (Å²) in [5.41, 5.74) is 3.34. The maximum atomic E-state index is 11.3. The first-order valence-electron chi connectivity index (χ1n) is 9.46. The number of hydrogen-bond acceptors (Lipinski definition) is 3. The third-order valence-corrected chi connectivity index (χ3v) is 4.57. The summed E-state index contributed by atoms with van der Waals surface area (Å²) in [6, 6.07) is 16.3. The van der Waals surface area contributed by atoms with Crippen LogP contribution in [0.1, 0.15) is 44.5 Å². The van der Waals surface area contributed by atoms with E-state index in [4.69, 9.17) is 4.74 Å². The van der Waals surface area contributed by atoms with E-state index in [0.29, 0.717) is 19.1 Å². The van der Waals surface area contributed by atoms with Crippen LogP contribution in [0.25, 0.3) is 11.0 Å². The summed E-state index contributed by atoms with van der Waals surface area (Å²) in [5.74, 6) is 2.23. The minimum Gasteiger partial charge on any atom is -0.494 e. The predicted octanol–water partition coefficient (Wildman–Crippen LogP) is 4.26. The molecule has 1 aromatic heterocycles. The molecule has 0 aliphatic rings. The highest BCUT2D eigenvalue weighted by Crippen LogP contribution is 2.19. The van der Waals surface area contributed by atoms with E-state index in [9.17, 15) is 4.79 Å². The molecule has 3 aromatic rings. The molecule has 3 rings (SSSR count). The largest absolute Gasteiger partial charge is 0.494 e. The highest BCUT2D eigenvalue weighted by atomic mass is 16.5. The second-order valence-electron chi connectivity index (χ2n) is 7.00. The van der Waals surface area contributed by atoms with Crippen LogP contribution >= 0.6 is 0 Å². The van der Waals surface area contributed by atoms with Crippen LogP contribution in [0.5, 0.6) is 5.75 Å². The summed E-state index contributed by atoms with van der Waals surface area (Å²) in [7, 11) is 0. The Bertz CT molecular complexity index is 898. The topological polar surface area (TPSA) is 56.2 Å². The summed E-state index contributed by atoms with van der Waals surface area (Å²) in [4.78, 5) is 15.9. The van der Waals surface area contributed by atoms with E-state index in [1.807, 2.05) is 30.3 Å². The first-order chi connectivity index (χ1) is 13.0. The van der Waals surface area contributed by atoms with E-state index in [1.54, 1.807) is 0 Å². The molecule has 5 nitrogen and oxygen atoms in total. The predicted molar refractivity (Wildman–Crippen MR) is 108 cm³/mol. The Labute approximate surface area is 160 Å². The highest BCUT2D eigenvalue weighted by molar-refractivity contribution is 5.76. The number of nitrogens with one attached hydrogen (secondary N) is 1. The fourth-order valence-electron chi connectivity index (χ4n) is 3.08. The summed E-state index contributed by atoms with van der Waals surface area (Å²) in [6.07, 6.45) is 0.860. The zero-order valence-corrected chi connectivity index (χ0v) is 16.2. The number of hydrogen-bond donors (Lipinski definition) is 1. The van der Waals surface area contributed by atoms with E-state index in [1.165, 1.54) is 12.5 Å². The molecule has 0 radical (unpaired) electrons. The highest BCUT2D eigenvalue weighted by Gasteiger charge is 2.10. The number of ether oxygens (including phenoxy) is 1. The van der Waals surface area contributed by atoms with Gasteiger partial charge in [0.25, 0.3) is 0 Å². The maximum absolute atomic E-state index is 11.3. The van der Waals surface area contributed by atoms with Gasteiger partial charge in [-0.05, 0) is 42.2 Å². The average molecular weight is 365 g/mol. The summed E-state index contributed by atoms with van der Waals surface area (Å²) < 4.78 is 8.05. The van der Waals surface area contributed by atoms with Crippen LogP contribution in [0.4, 0.5) is 0 Å². The molecule has 0 aliphatic carbocycles. The normalized spacial score (nSPS) is 11.1. The van der Waals surface area contributed by atoms with E-state index in [0.717, 1.165) is 35.6 Å². The van der Waals surface area contributed by atoms with Crippen LogP contribution in [-0.2, 0) is 17.9 Å². The number of nitrogens with zero attached hydrogens (tertiary/aromatic N) is 2. The van der Waals surface area contributed by atoms with E-state index in [2.05, 4.69) is 46.9 Å². The van der Waals surface area contributed by atoms with Gasteiger partial charge in [-0.2, -0.15) is 0 Å². The van der Waals surface area contributed by atoms with Crippen molar-refractivity contribution in [2.24, 2.45) is 0 Å². The van der Waals surface area contributed by atoms with Gasteiger partial charge in [-0.15, -0.1) is 0 Å². The standard InChI is InChI=1S/C22H27N3O2/c1-16(2)18-9-11-19(12-10-18)27-14-6-13-25-21-8-5-4-7-20(21)24-22(25)15-23-17(3)26/h4-5,7-12,16H,6,13-15H2,1-3H3,(H,23,26). The fourth-order valence-corrected chi connectivity index (χ4v) is 3.08. The zero-order chi connectivity index (χ0) is 19.2. The number of carbonyl (C=O) groups excluding carboxylic acids is 1. The minimum absolute atomic E-state index is 0.0539. The van der Waals surface area contributed by atoms with Gasteiger partial charge in [0.15, 0.2) is 0 Å². The molecule has 5 heteroatoms. The Hall–Kier alpha value is -2.82. The molecule has 1 N–H and O–H groups in total. The number of aromatic nitrogens is 2. The monoisotopic (exact) mass is 365 g/mol. The van der Waals surface area contributed by atoms with Gasteiger partial charge in [0.1, 0.15) is 11.6 Å². The molecule has 0 atom stereocenters. The number of imidazole rings is 1. The lowest BCUT2D eigenvalue weighted by Crippen LogP contribution is -2.22. The Kier molecular flexibility index (Phi) is 6.12. The number of aryl methyl sites for hydroxylation is 1. The third-order valence-electron chi connectivity index (χ3n) is 4.57. The first-order valence-corrected chi connectivity index (χ1v) is 9.46. The maximum Gasteiger partial charge on any atom is 0.217 e. The molecular formula is C22H27N3O2. The van der Waals surface area contributed by atoms with Crippen molar-refractivity contribution in [3.8, 4) is 5.75 Å². The SMILES string of the molecule is CC(=O)NCc1nc2ccccc2n1CCCOc1ccc(C(C)C)cc1. The molecule has 0 saturated carbocycles. The van der Waals surface area contributed by atoms with Crippen LogP contribution in [0.3, 0.4) is 0 Å². The summed E-state index contributed by atoms with van der Waals surface area (Å²) in [6.45, 7) is 7.74. The van der Waals surface area contributed by atoms with Crippen molar-refractivity contribution in [1.82, 2.24) is 14.9 Å². The second kappa shape index (κ2) is 8.71. The molecule has 1 heterocycles. The van der Waals surface area contributed by atoms with Crippen LogP contribution in [0.15, 0.2) is 48.5 Å². The third kappa shape index (κ3) is 4.88. The molecule has 0 fully saturated rings. The molecule has 2 aromatic carbocycles. The molecule has 0 saturated heterocycles. The van der Waals surface area contributed by atoms with Crippen LogP contribution < -0.4 is 10.1 Å². The first kappa shape index (κ1) is 19.0. The van der Waals surface area contributed by atoms with E-state index < -0.39 is 0 Å². The molecule has 142 valence electrons. The van der Waals surface area contributed by atoms with Crippen molar-refractivity contribution in [3.05, 3.63) is 59.9 Å². The summed E-state index contributed by atoms with van der Waals surface area (Å²) >= 11 is 0. The number of rotatable bonds is 8. The van der Waals surface area contributed by atoms with Gasteiger partial charge >= 0.3 is 0 Å². The van der Waals surface area contributed by atoms with E-state index in [-0.39, 0.29) is 5.91 Å². The lowest BCUT2D eigenvalue weighted by Gasteiger charge is -2.11. The average Bonchev–Trinajstić information content (AvgIpc) is 3.01. The molecular weight excluding hydrogens is 338 g/mol. The molecule has 0 bridgehead atoms. The Morgan fingerprint density at radius 1 is 1.15 bits per heavy atom. The van der Waals surface area contributed by atoms with Gasteiger partial charge in [-0.3, -0.25) is 4.79 Å². The van der Waals surface area contributed by atoms with E-state index >= 15 is 0 Å². The van der Waals surface area contributed by atoms with Crippen molar-refractivity contribution in [3.63, 3.8) is 0 Å². The molecule has 1 amide bonds. The van der Waals surface area contributed by atoms with Gasteiger partial charge in [0.2, 0.25) is 5.91 Å². The number of benzene rings is 2.